The van der Waals surface area contributed by atoms with E-state index < -0.39 is 5.91 Å². The van der Waals surface area contributed by atoms with Crippen LogP contribution in [0.3, 0.4) is 0 Å². The molecule has 0 spiro atoms. The lowest BCUT2D eigenvalue weighted by Gasteiger charge is -2.26. The number of nitrogens with one attached hydrogen (secondary N) is 1. The molecule has 1 saturated heterocycles. The molecule has 0 radical (unpaired) electrons. The molecule has 2 aromatic rings. The number of hydrogen-bond donors (Lipinski definition) is 2. The van der Waals surface area contributed by atoms with Gasteiger partial charge < -0.3 is 16.0 Å². The molecular formula is C18H20N4O2. The summed E-state index contributed by atoms with van der Waals surface area (Å²) in [5.74, 6) is -0.320. The van der Waals surface area contributed by atoms with Crippen LogP contribution in [0.25, 0.3) is 0 Å². The summed E-state index contributed by atoms with van der Waals surface area (Å²) in [4.78, 5) is 29.1. The summed E-state index contributed by atoms with van der Waals surface area (Å²) in [5.41, 5.74) is 8.36. The highest BCUT2D eigenvalue weighted by Crippen LogP contribution is 2.22. The number of anilines is 2. The molecule has 0 saturated carbocycles. The Hall–Kier alpha value is -2.89. The molecule has 124 valence electrons. The summed E-state index contributed by atoms with van der Waals surface area (Å²) in [7, 11) is 0. The summed E-state index contributed by atoms with van der Waals surface area (Å²) in [6, 6.07) is 9.61. The Kier molecular flexibility index (Phi) is 4.74. The summed E-state index contributed by atoms with van der Waals surface area (Å²) in [5, 5.41) is 3.20. The van der Waals surface area contributed by atoms with Crippen molar-refractivity contribution in [2.75, 3.05) is 16.8 Å². The highest BCUT2D eigenvalue weighted by atomic mass is 16.2. The number of hydrogen-bond acceptors (Lipinski definition) is 4. The maximum atomic E-state index is 12.0. The van der Waals surface area contributed by atoms with E-state index in [4.69, 9.17) is 5.73 Å². The van der Waals surface area contributed by atoms with Gasteiger partial charge in [-0.05, 0) is 36.6 Å². The Balaban J connectivity index is 1.67. The maximum Gasteiger partial charge on any atom is 0.252 e. The molecule has 1 aromatic carbocycles. The minimum atomic E-state index is -0.510. The molecule has 0 atom stereocenters. The van der Waals surface area contributed by atoms with E-state index in [1.807, 2.05) is 29.2 Å². The second-order valence-corrected chi connectivity index (χ2v) is 5.81. The number of rotatable bonds is 5. The van der Waals surface area contributed by atoms with Crippen molar-refractivity contribution in [2.24, 2.45) is 5.73 Å². The van der Waals surface area contributed by atoms with Gasteiger partial charge in [0.25, 0.3) is 5.91 Å². The van der Waals surface area contributed by atoms with Gasteiger partial charge in [-0.3, -0.25) is 14.6 Å². The number of nitrogens with two attached hydrogens (primary N) is 1. The van der Waals surface area contributed by atoms with Gasteiger partial charge in [-0.1, -0.05) is 12.1 Å². The Morgan fingerprint density at radius 3 is 2.71 bits per heavy atom. The molecule has 1 aliphatic rings. The highest BCUT2D eigenvalue weighted by molar-refractivity contribution is 5.98. The number of primary amides is 1. The molecule has 24 heavy (non-hydrogen) atoms. The Labute approximate surface area is 140 Å². The van der Waals surface area contributed by atoms with Crippen LogP contribution in [0.4, 0.5) is 11.4 Å². The van der Waals surface area contributed by atoms with Gasteiger partial charge in [0.05, 0.1) is 11.3 Å². The second-order valence-electron chi connectivity index (χ2n) is 5.81. The third kappa shape index (κ3) is 3.53. The summed E-state index contributed by atoms with van der Waals surface area (Å²) >= 11 is 0. The first-order valence-corrected chi connectivity index (χ1v) is 8.02. The zero-order chi connectivity index (χ0) is 16.9. The van der Waals surface area contributed by atoms with Crippen LogP contribution in [0.5, 0.6) is 0 Å². The van der Waals surface area contributed by atoms with E-state index in [2.05, 4.69) is 10.3 Å². The fourth-order valence-corrected chi connectivity index (χ4v) is 2.81. The fraction of sp³-hybridized carbons (Fsp3) is 0.278. The summed E-state index contributed by atoms with van der Waals surface area (Å²) < 4.78 is 0. The van der Waals surface area contributed by atoms with E-state index in [9.17, 15) is 9.59 Å². The van der Waals surface area contributed by atoms with Crippen LogP contribution in [0.15, 0.2) is 42.7 Å². The Bertz CT molecular complexity index is 743. The minimum Gasteiger partial charge on any atom is -0.380 e. The fourth-order valence-electron chi connectivity index (χ4n) is 2.81. The quantitative estimate of drug-likeness (QED) is 0.883. The standard InChI is InChI=1S/C18H20N4O2/c19-18(24)15-12-20-9-8-16(15)21-11-13-4-6-14(7-5-13)22-10-2-1-3-17(22)23/h4-9,12H,1-3,10-11H2,(H2,19,24)(H,20,21). The number of nitrogens with zero attached hydrogens (tertiary/aromatic N) is 2. The summed E-state index contributed by atoms with van der Waals surface area (Å²) in [6.45, 7) is 1.34. The van der Waals surface area contributed by atoms with Gasteiger partial charge in [-0.25, -0.2) is 0 Å². The van der Waals surface area contributed by atoms with Crippen molar-refractivity contribution in [1.82, 2.24) is 4.98 Å². The highest BCUT2D eigenvalue weighted by Gasteiger charge is 2.19. The maximum absolute atomic E-state index is 12.0. The topological polar surface area (TPSA) is 88.3 Å². The third-order valence-electron chi connectivity index (χ3n) is 4.14. The van der Waals surface area contributed by atoms with Crippen LogP contribution in [0, 0.1) is 0 Å². The van der Waals surface area contributed by atoms with Gasteiger partial charge in [0, 0.05) is 37.6 Å². The first-order chi connectivity index (χ1) is 11.6. The minimum absolute atomic E-state index is 0.190. The van der Waals surface area contributed by atoms with Crippen molar-refractivity contribution in [1.29, 1.82) is 0 Å². The smallest absolute Gasteiger partial charge is 0.252 e. The molecule has 0 unspecified atom stereocenters. The normalized spacial score (nSPS) is 14.5. The van der Waals surface area contributed by atoms with Crippen molar-refractivity contribution in [3.05, 3.63) is 53.9 Å². The van der Waals surface area contributed by atoms with Crippen LogP contribution >= 0.6 is 0 Å². The molecular weight excluding hydrogens is 304 g/mol. The van der Waals surface area contributed by atoms with Crippen LogP contribution in [0.1, 0.15) is 35.2 Å². The zero-order valence-electron chi connectivity index (χ0n) is 13.4. The average molecular weight is 324 g/mol. The first-order valence-electron chi connectivity index (χ1n) is 8.02. The number of aromatic nitrogens is 1. The van der Waals surface area contributed by atoms with Gasteiger partial charge in [-0.15, -0.1) is 0 Å². The van der Waals surface area contributed by atoms with E-state index in [0.29, 0.717) is 24.2 Å². The van der Waals surface area contributed by atoms with Crippen molar-refractivity contribution >= 4 is 23.2 Å². The molecule has 0 bridgehead atoms. The van der Waals surface area contributed by atoms with Crippen molar-refractivity contribution in [3.63, 3.8) is 0 Å². The van der Waals surface area contributed by atoms with Crippen molar-refractivity contribution in [3.8, 4) is 0 Å². The zero-order valence-corrected chi connectivity index (χ0v) is 13.4. The molecule has 1 aliphatic heterocycles. The second kappa shape index (κ2) is 7.12. The van der Waals surface area contributed by atoms with Gasteiger partial charge in [0.1, 0.15) is 0 Å². The number of piperidine rings is 1. The monoisotopic (exact) mass is 324 g/mol. The van der Waals surface area contributed by atoms with E-state index in [-0.39, 0.29) is 5.91 Å². The van der Waals surface area contributed by atoms with Crippen LogP contribution < -0.4 is 16.0 Å². The molecule has 2 heterocycles. The molecule has 3 rings (SSSR count). The third-order valence-corrected chi connectivity index (χ3v) is 4.14. The molecule has 1 fully saturated rings. The Morgan fingerprint density at radius 1 is 1.21 bits per heavy atom. The molecule has 2 amide bonds. The lowest BCUT2D eigenvalue weighted by atomic mass is 10.1. The Morgan fingerprint density at radius 2 is 2.00 bits per heavy atom. The predicted octanol–water partition coefficient (Wildman–Crippen LogP) is 2.31. The number of pyridine rings is 1. The molecule has 0 aliphatic carbocycles. The van der Waals surface area contributed by atoms with E-state index in [0.717, 1.165) is 30.6 Å². The lowest BCUT2D eigenvalue weighted by molar-refractivity contribution is -0.119. The lowest BCUT2D eigenvalue weighted by Crippen LogP contribution is -2.35. The van der Waals surface area contributed by atoms with Crippen molar-refractivity contribution in [2.45, 2.75) is 25.8 Å². The average Bonchev–Trinajstić information content (AvgIpc) is 2.61. The largest absolute Gasteiger partial charge is 0.380 e. The number of carbonyl (C=O) groups is 2. The number of carbonyl (C=O) groups excluding carboxylic acids is 2. The molecule has 3 N–H and O–H groups in total. The van der Waals surface area contributed by atoms with Crippen molar-refractivity contribution < 1.29 is 9.59 Å². The van der Waals surface area contributed by atoms with E-state index >= 15 is 0 Å². The summed E-state index contributed by atoms with van der Waals surface area (Å²) in [6.07, 6.45) is 5.72. The van der Waals surface area contributed by atoms with E-state index in [1.54, 1.807) is 12.3 Å². The predicted molar refractivity (Wildman–Crippen MR) is 92.7 cm³/mol. The number of benzene rings is 1. The van der Waals surface area contributed by atoms with Gasteiger partial charge in [0.2, 0.25) is 5.91 Å². The van der Waals surface area contributed by atoms with Gasteiger partial charge in [-0.2, -0.15) is 0 Å². The van der Waals surface area contributed by atoms with Crippen LogP contribution in [-0.2, 0) is 11.3 Å². The molecule has 1 aromatic heterocycles. The SMILES string of the molecule is NC(=O)c1cnccc1NCc1ccc(N2CCCCC2=O)cc1. The van der Waals surface area contributed by atoms with Crippen LogP contribution in [0.2, 0.25) is 0 Å². The molecule has 6 heteroatoms. The number of amides is 2. The van der Waals surface area contributed by atoms with Crippen LogP contribution in [-0.4, -0.2) is 23.3 Å². The first kappa shape index (κ1) is 16.0. The van der Waals surface area contributed by atoms with E-state index in [1.165, 1.54) is 6.20 Å². The van der Waals surface area contributed by atoms with Gasteiger partial charge in [0.15, 0.2) is 0 Å². The van der Waals surface area contributed by atoms with Gasteiger partial charge >= 0.3 is 0 Å². The molecule has 6 nitrogen and oxygen atoms in total.